The largest absolute Gasteiger partial charge is 0.326 e. The van der Waals surface area contributed by atoms with Crippen molar-refractivity contribution >= 4 is 44.8 Å². The second-order valence-corrected chi connectivity index (χ2v) is 8.89. The maximum atomic E-state index is 12.9. The van der Waals surface area contributed by atoms with Gasteiger partial charge in [0.2, 0.25) is 15.9 Å². The molecule has 1 heterocycles. The lowest BCUT2D eigenvalue weighted by Crippen LogP contribution is -2.43. The number of hydrogen-bond donors (Lipinski definition) is 1. The van der Waals surface area contributed by atoms with E-state index in [-0.39, 0.29) is 22.4 Å². The molecule has 1 amide bonds. The van der Waals surface area contributed by atoms with E-state index in [0.717, 1.165) is 0 Å². The van der Waals surface area contributed by atoms with Gasteiger partial charge in [0.1, 0.15) is 0 Å². The number of nitrogens with zero attached hydrogens (tertiary/aromatic N) is 1. The fraction of sp³-hybridized carbons (Fsp3) is 0.278. The Morgan fingerprint density at radius 1 is 1.08 bits per heavy atom. The molecule has 1 saturated heterocycles. The number of carbonyl (C=O) groups is 1. The third-order valence-electron chi connectivity index (χ3n) is 4.33. The van der Waals surface area contributed by atoms with Gasteiger partial charge >= 0.3 is 0 Å². The lowest BCUT2D eigenvalue weighted by atomic mass is 9.99. The number of sulfonamides is 1. The van der Waals surface area contributed by atoms with Gasteiger partial charge in [0.25, 0.3) is 0 Å². The lowest BCUT2D eigenvalue weighted by molar-refractivity contribution is -0.120. The smallest absolute Gasteiger partial charge is 0.243 e. The highest BCUT2D eigenvalue weighted by Gasteiger charge is 2.33. The van der Waals surface area contributed by atoms with Crippen LogP contribution >= 0.6 is 23.2 Å². The molecule has 1 N–H and O–H groups in total. The molecular formula is C18H18Cl2N2O3S. The number of halogens is 2. The zero-order valence-corrected chi connectivity index (χ0v) is 16.2. The summed E-state index contributed by atoms with van der Waals surface area (Å²) in [5.41, 5.74) is 0.696. The van der Waals surface area contributed by atoms with Crippen LogP contribution in [0.2, 0.25) is 10.0 Å². The van der Waals surface area contributed by atoms with Crippen molar-refractivity contribution < 1.29 is 13.2 Å². The molecule has 0 bridgehead atoms. The Balaban J connectivity index is 1.75. The molecule has 138 valence electrons. The molecule has 2 aromatic rings. The molecule has 0 saturated carbocycles. The quantitative estimate of drug-likeness (QED) is 0.823. The molecule has 8 heteroatoms. The van der Waals surface area contributed by atoms with Crippen LogP contribution in [-0.2, 0) is 14.8 Å². The molecule has 0 aromatic heterocycles. The molecule has 1 aliphatic heterocycles. The van der Waals surface area contributed by atoms with E-state index in [4.69, 9.17) is 23.2 Å². The molecule has 1 atom stereocenters. The number of para-hydroxylation sites is 1. The number of piperidine rings is 1. The molecule has 2 aromatic carbocycles. The van der Waals surface area contributed by atoms with Gasteiger partial charge in [-0.3, -0.25) is 4.79 Å². The van der Waals surface area contributed by atoms with E-state index in [1.165, 1.54) is 22.5 Å². The van der Waals surface area contributed by atoms with Gasteiger partial charge in [0.15, 0.2) is 0 Å². The molecule has 1 unspecified atom stereocenters. The summed E-state index contributed by atoms with van der Waals surface area (Å²) in [5, 5.41) is 3.32. The number of nitrogens with one attached hydrogen (secondary N) is 1. The zero-order valence-electron chi connectivity index (χ0n) is 13.9. The second kappa shape index (κ2) is 7.96. The van der Waals surface area contributed by atoms with Crippen LogP contribution in [0.15, 0.2) is 53.4 Å². The van der Waals surface area contributed by atoms with E-state index in [0.29, 0.717) is 30.1 Å². The highest BCUT2D eigenvalue weighted by molar-refractivity contribution is 7.89. The van der Waals surface area contributed by atoms with Crippen LogP contribution < -0.4 is 5.32 Å². The summed E-state index contributed by atoms with van der Waals surface area (Å²) >= 11 is 11.8. The summed E-state index contributed by atoms with van der Waals surface area (Å²) in [4.78, 5) is 12.6. The molecule has 1 aliphatic rings. The fourth-order valence-corrected chi connectivity index (χ4v) is 4.84. The molecule has 5 nitrogen and oxygen atoms in total. The van der Waals surface area contributed by atoms with Gasteiger partial charge in [-0.05, 0) is 43.2 Å². The molecule has 0 spiro atoms. The monoisotopic (exact) mass is 412 g/mol. The first kappa shape index (κ1) is 19.2. The number of rotatable bonds is 4. The second-order valence-electron chi connectivity index (χ2n) is 6.13. The van der Waals surface area contributed by atoms with Crippen LogP contribution in [0.25, 0.3) is 0 Å². The van der Waals surface area contributed by atoms with Crippen LogP contribution in [0, 0.1) is 5.92 Å². The van der Waals surface area contributed by atoms with Crippen molar-refractivity contribution in [3.63, 3.8) is 0 Å². The molecule has 3 rings (SSSR count). The molecule has 0 radical (unpaired) electrons. The minimum atomic E-state index is -3.73. The number of hydrogen-bond acceptors (Lipinski definition) is 3. The Kier molecular flexibility index (Phi) is 5.87. The van der Waals surface area contributed by atoms with Crippen LogP contribution in [0.1, 0.15) is 12.8 Å². The first-order valence-electron chi connectivity index (χ1n) is 8.19. The first-order chi connectivity index (χ1) is 12.4. The Labute approximate surface area is 163 Å². The molecule has 0 aliphatic carbocycles. The van der Waals surface area contributed by atoms with E-state index < -0.39 is 15.9 Å². The summed E-state index contributed by atoms with van der Waals surface area (Å²) in [7, 11) is -3.73. The maximum absolute atomic E-state index is 12.9. The SMILES string of the molecule is O=C(Nc1ccccc1)C1CCCN(S(=O)(=O)c2ccc(Cl)c(Cl)c2)C1. The fourth-order valence-electron chi connectivity index (χ4n) is 2.93. The third-order valence-corrected chi connectivity index (χ3v) is 6.93. The van der Waals surface area contributed by atoms with Crippen molar-refractivity contribution in [3.8, 4) is 0 Å². The molecule has 26 heavy (non-hydrogen) atoms. The van der Waals surface area contributed by atoms with Crippen molar-refractivity contribution in [2.75, 3.05) is 18.4 Å². The van der Waals surface area contributed by atoms with Gasteiger partial charge in [-0.15, -0.1) is 0 Å². The van der Waals surface area contributed by atoms with Gasteiger partial charge in [0, 0.05) is 18.8 Å². The van der Waals surface area contributed by atoms with Gasteiger partial charge < -0.3 is 5.32 Å². The van der Waals surface area contributed by atoms with E-state index >= 15 is 0 Å². The van der Waals surface area contributed by atoms with E-state index in [1.54, 1.807) is 12.1 Å². The highest BCUT2D eigenvalue weighted by atomic mass is 35.5. The topological polar surface area (TPSA) is 66.5 Å². The summed E-state index contributed by atoms with van der Waals surface area (Å²) in [6.45, 7) is 0.513. The highest BCUT2D eigenvalue weighted by Crippen LogP contribution is 2.29. The molecular weight excluding hydrogens is 395 g/mol. The van der Waals surface area contributed by atoms with Crippen molar-refractivity contribution in [2.45, 2.75) is 17.7 Å². The Morgan fingerprint density at radius 2 is 1.81 bits per heavy atom. The van der Waals surface area contributed by atoms with Gasteiger partial charge in [-0.25, -0.2) is 8.42 Å². The minimum absolute atomic E-state index is 0.0796. The number of benzene rings is 2. The minimum Gasteiger partial charge on any atom is -0.326 e. The third kappa shape index (κ3) is 4.20. The summed E-state index contributed by atoms with van der Waals surface area (Å²) in [6, 6.07) is 13.3. The Hall–Kier alpha value is -1.60. The van der Waals surface area contributed by atoms with Crippen molar-refractivity contribution in [2.24, 2.45) is 5.92 Å². The van der Waals surface area contributed by atoms with Crippen molar-refractivity contribution in [3.05, 3.63) is 58.6 Å². The normalized spacial score (nSPS) is 18.5. The number of anilines is 1. The van der Waals surface area contributed by atoms with Crippen LogP contribution in [0.5, 0.6) is 0 Å². The zero-order chi connectivity index (χ0) is 18.7. The van der Waals surface area contributed by atoms with Crippen LogP contribution in [0.4, 0.5) is 5.69 Å². The number of amides is 1. The predicted molar refractivity (Wildman–Crippen MR) is 103 cm³/mol. The first-order valence-corrected chi connectivity index (χ1v) is 10.4. The van der Waals surface area contributed by atoms with E-state index in [2.05, 4.69) is 5.32 Å². The standard InChI is InChI=1S/C18H18Cl2N2O3S/c19-16-9-8-15(11-17(16)20)26(24,25)22-10-4-5-13(12-22)18(23)21-14-6-2-1-3-7-14/h1-3,6-9,11,13H,4-5,10,12H2,(H,21,23). The summed E-state index contributed by atoms with van der Waals surface area (Å²) in [6.07, 6.45) is 1.26. The molecule has 1 fully saturated rings. The van der Waals surface area contributed by atoms with Gasteiger partial charge in [-0.1, -0.05) is 41.4 Å². The lowest BCUT2D eigenvalue weighted by Gasteiger charge is -2.31. The Morgan fingerprint density at radius 3 is 2.50 bits per heavy atom. The van der Waals surface area contributed by atoms with Gasteiger partial charge in [0.05, 0.1) is 20.9 Å². The Bertz CT molecular complexity index is 904. The summed E-state index contributed by atoms with van der Waals surface area (Å²) in [5.74, 6) is -0.577. The average molecular weight is 413 g/mol. The van der Waals surface area contributed by atoms with Crippen molar-refractivity contribution in [1.29, 1.82) is 0 Å². The van der Waals surface area contributed by atoms with Crippen LogP contribution in [-0.4, -0.2) is 31.7 Å². The number of carbonyl (C=O) groups excluding carboxylic acids is 1. The predicted octanol–water partition coefficient (Wildman–Crippen LogP) is 4.03. The average Bonchev–Trinajstić information content (AvgIpc) is 2.65. The van der Waals surface area contributed by atoms with E-state index in [9.17, 15) is 13.2 Å². The van der Waals surface area contributed by atoms with Crippen molar-refractivity contribution in [1.82, 2.24) is 4.31 Å². The summed E-state index contributed by atoms with van der Waals surface area (Å²) < 4.78 is 27.1. The maximum Gasteiger partial charge on any atom is 0.243 e. The van der Waals surface area contributed by atoms with E-state index in [1.807, 2.05) is 18.2 Å². The van der Waals surface area contributed by atoms with Crippen LogP contribution in [0.3, 0.4) is 0 Å². The van der Waals surface area contributed by atoms with Gasteiger partial charge in [-0.2, -0.15) is 4.31 Å².